The molecule has 0 aliphatic carbocycles. The third kappa shape index (κ3) is 5.53. The van der Waals surface area contributed by atoms with Gasteiger partial charge in [0, 0.05) is 26.1 Å². The summed E-state index contributed by atoms with van der Waals surface area (Å²) >= 11 is 0. The first-order valence-electron chi connectivity index (χ1n) is 10.6. The summed E-state index contributed by atoms with van der Waals surface area (Å²) in [5.74, 6) is 2.70. The highest BCUT2D eigenvalue weighted by Gasteiger charge is 2.16. The number of carbonyl (C=O) groups excluding carboxylic acids is 1. The lowest BCUT2D eigenvalue weighted by Gasteiger charge is -2.09. The molecule has 1 aliphatic rings. The van der Waals surface area contributed by atoms with E-state index in [-0.39, 0.29) is 18.2 Å². The van der Waals surface area contributed by atoms with E-state index in [0.29, 0.717) is 31.0 Å². The fourth-order valence-corrected chi connectivity index (χ4v) is 3.48. The van der Waals surface area contributed by atoms with E-state index in [1.807, 2.05) is 30.3 Å². The quantitative estimate of drug-likeness (QED) is 0.536. The molecule has 2 heterocycles. The van der Waals surface area contributed by atoms with Crippen molar-refractivity contribution >= 4 is 5.91 Å². The van der Waals surface area contributed by atoms with Crippen LogP contribution >= 0.6 is 0 Å². The number of para-hydroxylation sites is 1. The second-order valence-electron chi connectivity index (χ2n) is 7.41. The van der Waals surface area contributed by atoms with Crippen LogP contribution in [0.15, 0.2) is 59.4 Å². The van der Waals surface area contributed by atoms with E-state index in [0.717, 1.165) is 37.4 Å². The van der Waals surface area contributed by atoms with Gasteiger partial charge in [0.1, 0.15) is 23.1 Å². The Morgan fingerprint density at radius 1 is 1.00 bits per heavy atom. The van der Waals surface area contributed by atoms with Crippen LogP contribution in [0.2, 0.25) is 0 Å². The summed E-state index contributed by atoms with van der Waals surface area (Å²) in [5.41, 5.74) is -0.0518. The van der Waals surface area contributed by atoms with Crippen LogP contribution in [-0.2, 0) is 24.3 Å². The molecule has 4 rings (SSSR count). The van der Waals surface area contributed by atoms with Gasteiger partial charge in [0.15, 0.2) is 6.61 Å². The Bertz CT molecular complexity index is 1060. The lowest BCUT2D eigenvalue weighted by atomic mass is 10.2. The van der Waals surface area contributed by atoms with Gasteiger partial charge in [-0.15, -0.1) is 0 Å². The molecule has 0 bridgehead atoms. The molecule has 0 saturated heterocycles. The minimum absolute atomic E-state index is 0.0518. The number of benzene rings is 2. The number of rotatable bonds is 9. The van der Waals surface area contributed by atoms with Crippen LogP contribution < -0.4 is 20.5 Å². The Kier molecular flexibility index (Phi) is 6.66. The normalized spacial score (nSPS) is 12.8. The number of nitrogens with zero attached hydrogens (tertiary/aromatic N) is 3. The number of aryl methyl sites for hydroxylation is 2. The van der Waals surface area contributed by atoms with Crippen molar-refractivity contribution in [1.82, 2.24) is 19.7 Å². The van der Waals surface area contributed by atoms with Crippen molar-refractivity contribution in [2.75, 3.05) is 13.2 Å². The summed E-state index contributed by atoms with van der Waals surface area (Å²) in [7, 11) is 0. The van der Waals surface area contributed by atoms with Crippen LogP contribution in [0.25, 0.3) is 0 Å². The highest BCUT2D eigenvalue weighted by atomic mass is 16.5. The standard InChI is InChI=1S/C23H26N4O4/c28-22(24-14-6-16-27-23(29)26-15-5-4-9-21(26)25-27)17-30-18-10-12-20(13-11-18)31-19-7-2-1-3-8-19/h1-3,7-8,10-13H,4-6,9,14-17H2,(H,24,28). The largest absolute Gasteiger partial charge is 0.484 e. The van der Waals surface area contributed by atoms with Crippen molar-refractivity contribution in [1.29, 1.82) is 0 Å². The molecule has 1 amide bonds. The Morgan fingerprint density at radius 3 is 2.52 bits per heavy atom. The average Bonchev–Trinajstić information content (AvgIpc) is 3.12. The summed E-state index contributed by atoms with van der Waals surface area (Å²) in [4.78, 5) is 24.3. The van der Waals surface area contributed by atoms with Gasteiger partial charge in [0.05, 0.1) is 0 Å². The molecule has 1 N–H and O–H groups in total. The van der Waals surface area contributed by atoms with E-state index in [2.05, 4.69) is 10.4 Å². The van der Waals surface area contributed by atoms with Gasteiger partial charge in [-0.3, -0.25) is 9.36 Å². The predicted molar refractivity (Wildman–Crippen MR) is 116 cm³/mol. The highest BCUT2D eigenvalue weighted by molar-refractivity contribution is 5.77. The van der Waals surface area contributed by atoms with E-state index in [1.165, 1.54) is 4.68 Å². The molecule has 1 aliphatic heterocycles. The maximum absolute atomic E-state index is 12.3. The number of carbonyl (C=O) groups is 1. The average molecular weight is 422 g/mol. The molecule has 3 aromatic rings. The summed E-state index contributed by atoms with van der Waals surface area (Å²) in [6.45, 7) is 1.63. The zero-order valence-electron chi connectivity index (χ0n) is 17.3. The van der Waals surface area contributed by atoms with E-state index >= 15 is 0 Å². The third-order valence-corrected chi connectivity index (χ3v) is 5.07. The van der Waals surface area contributed by atoms with Gasteiger partial charge < -0.3 is 14.8 Å². The molecule has 0 radical (unpaired) electrons. The van der Waals surface area contributed by atoms with Gasteiger partial charge in [-0.2, -0.15) is 5.10 Å². The second-order valence-corrected chi connectivity index (χ2v) is 7.41. The number of nitrogens with one attached hydrogen (secondary N) is 1. The van der Waals surface area contributed by atoms with Crippen molar-refractivity contribution in [2.45, 2.75) is 38.8 Å². The zero-order chi connectivity index (χ0) is 21.5. The van der Waals surface area contributed by atoms with Crippen LogP contribution in [0.5, 0.6) is 17.2 Å². The predicted octanol–water partition coefficient (Wildman–Crippen LogP) is 2.76. The Labute approximate surface area is 180 Å². The second kappa shape index (κ2) is 9.97. The Balaban J connectivity index is 1.16. The van der Waals surface area contributed by atoms with E-state index in [1.54, 1.807) is 28.8 Å². The molecule has 1 aromatic heterocycles. The fraction of sp³-hybridized carbons (Fsp3) is 0.348. The minimum Gasteiger partial charge on any atom is -0.484 e. The topological polar surface area (TPSA) is 87.4 Å². The molecular formula is C23H26N4O4. The van der Waals surface area contributed by atoms with E-state index in [9.17, 15) is 9.59 Å². The molecule has 0 unspecified atom stereocenters. The molecular weight excluding hydrogens is 396 g/mol. The third-order valence-electron chi connectivity index (χ3n) is 5.07. The van der Waals surface area contributed by atoms with Crippen LogP contribution in [-0.4, -0.2) is 33.4 Å². The van der Waals surface area contributed by atoms with Gasteiger partial charge in [-0.25, -0.2) is 9.48 Å². The molecule has 31 heavy (non-hydrogen) atoms. The SMILES string of the molecule is O=C(COc1ccc(Oc2ccccc2)cc1)NCCCn1nc2n(c1=O)CCCC2. The zero-order valence-corrected chi connectivity index (χ0v) is 17.3. The van der Waals surface area contributed by atoms with Crippen LogP contribution in [0, 0.1) is 0 Å². The highest BCUT2D eigenvalue weighted by Crippen LogP contribution is 2.23. The van der Waals surface area contributed by atoms with Crippen molar-refractivity contribution < 1.29 is 14.3 Å². The maximum Gasteiger partial charge on any atom is 0.345 e. The maximum atomic E-state index is 12.3. The molecule has 8 heteroatoms. The molecule has 0 saturated carbocycles. The van der Waals surface area contributed by atoms with Crippen LogP contribution in [0.1, 0.15) is 25.1 Å². The number of hydrogen-bond donors (Lipinski definition) is 1. The molecule has 8 nitrogen and oxygen atoms in total. The van der Waals surface area contributed by atoms with Gasteiger partial charge in [0.2, 0.25) is 0 Å². The monoisotopic (exact) mass is 422 g/mol. The number of aromatic nitrogens is 3. The van der Waals surface area contributed by atoms with Crippen molar-refractivity contribution in [2.24, 2.45) is 0 Å². The van der Waals surface area contributed by atoms with Crippen molar-refractivity contribution in [3.8, 4) is 17.2 Å². The van der Waals surface area contributed by atoms with Gasteiger partial charge in [0.25, 0.3) is 5.91 Å². The fourth-order valence-electron chi connectivity index (χ4n) is 3.48. The van der Waals surface area contributed by atoms with Crippen LogP contribution in [0.3, 0.4) is 0 Å². The van der Waals surface area contributed by atoms with Gasteiger partial charge in [-0.1, -0.05) is 18.2 Å². The number of fused-ring (bicyclic) bond motifs is 1. The first kappa shape index (κ1) is 20.7. The number of ether oxygens (including phenoxy) is 2. The molecule has 2 aromatic carbocycles. The number of hydrogen-bond acceptors (Lipinski definition) is 5. The van der Waals surface area contributed by atoms with Crippen LogP contribution in [0.4, 0.5) is 0 Å². The minimum atomic E-state index is -0.207. The smallest absolute Gasteiger partial charge is 0.345 e. The molecule has 0 spiro atoms. The van der Waals surface area contributed by atoms with Gasteiger partial charge in [-0.05, 0) is 55.7 Å². The van der Waals surface area contributed by atoms with Gasteiger partial charge >= 0.3 is 5.69 Å². The summed E-state index contributed by atoms with van der Waals surface area (Å²) in [6, 6.07) is 16.6. The summed E-state index contributed by atoms with van der Waals surface area (Å²) in [6.07, 6.45) is 3.59. The molecule has 0 fully saturated rings. The molecule has 0 atom stereocenters. The Morgan fingerprint density at radius 2 is 1.74 bits per heavy atom. The Hall–Kier alpha value is -3.55. The summed E-state index contributed by atoms with van der Waals surface area (Å²) in [5, 5.41) is 7.21. The lowest BCUT2D eigenvalue weighted by molar-refractivity contribution is -0.123. The lowest BCUT2D eigenvalue weighted by Crippen LogP contribution is -2.31. The van der Waals surface area contributed by atoms with Crippen molar-refractivity contribution in [3.63, 3.8) is 0 Å². The van der Waals surface area contributed by atoms with Crippen molar-refractivity contribution in [3.05, 3.63) is 70.9 Å². The number of amides is 1. The molecule has 162 valence electrons. The first-order chi connectivity index (χ1) is 15.2. The summed E-state index contributed by atoms with van der Waals surface area (Å²) < 4.78 is 14.5. The van der Waals surface area contributed by atoms with E-state index < -0.39 is 0 Å². The van der Waals surface area contributed by atoms with E-state index in [4.69, 9.17) is 9.47 Å². The first-order valence-corrected chi connectivity index (χ1v) is 10.6.